The molecule has 1 unspecified atom stereocenters. The normalized spacial score (nSPS) is 11.7. The summed E-state index contributed by atoms with van der Waals surface area (Å²) in [4.78, 5) is 11.9. The van der Waals surface area contributed by atoms with Gasteiger partial charge in [-0.25, -0.2) is 0 Å². The number of benzene rings is 2. The quantitative estimate of drug-likeness (QED) is 0.823. The molecule has 0 saturated heterocycles. The van der Waals surface area contributed by atoms with Crippen LogP contribution in [-0.4, -0.2) is 17.8 Å². The van der Waals surface area contributed by atoms with Crippen LogP contribution in [0.1, 0.15) is 11.6 Å². The van der Waals surface area contributed by atoms with Crippen LogP contribution in [0.15, 0.2) is 60.7 Å². The maximum Gasteiger partial charge on any atom is 0.258 e. The van der Waals surface area contributed by atoms with Gasteiger partial charge in [-0.3, -0.25) is 4.79 Å². The molecule has 0 heterocycles. The molecule has 0 aliphatic heterocycles. The predicted molar refractivity (Wildman–Crippen MR) is 83.1 cm³/mol. The molecule has 0 aromatic heterocycles. The molecule has 0 aliphatic carbocycles. The van der Waals surface area contributed by atoms with E-state index in [0.29, 0.717) is 11.1 Å². The van der Waals surface area contributed by atoms with E-state index >= 15 is 0 Å². The van der Waals surface area contributed by atoms with E-state index in [9.17, 15) is 4.79 Å². The number of hydrogen-bond acceptors (Lipinski definition) is 2. The number of ether oxygens (including phenoxy) is 1. The molecule has 20 heavy (non-hydrogen) atoms. The highest BCUT2D eigenvalue weighted by Crippen LogP contribution is 2.15. The average molecular weight is 334 g/mol. The van der Waals surface area contributed by atoms with Gasteiger partial charge in [0.15, 0.2) is 6.61 Å². The molecule has 3 nitrogen and oxygen atoms in total. The third-order valence-corrected chi connectivity index (χ3v) is 3.45. The molecule has 2 aromatic carbocycles. The molecule has 0 bridgehead atoms. The monoisotopic (exact) mass is 333 g/mol. The van der Waals surface area contributed by atoms with Crippen LogP contribution in [0.2, 0.25) is 0 Å². The zero-order chi connectivity index (χ0) is 14.2. The predicted octanol–water partition coefficient (Wildman–Crippen LogP) is 3.32. The van der Waals surface area contributed by atoms with Crippen molar-refractivity contribution in [1.82, 2.24) is 5.32 Å². The maximum atomic E-state index is 11.9. The number of hydrogen-bond donors (Lipinski definition) is 1. The summed E-state index contributed by atoms with van der Waals surface area (Å²) >= 11 is 3.42. The molecular formula is C16H16BrNO2. The van der Waals surface area contributed by atoms with E-state index in [-0.39, 0.29) is 18.6 Å². The van der Waals surface area contributed by atoms with Gasteiger partial charge >= 0.3 is 0 Å². The van der Waals surface area contributed by atoms with E-state index in [1.807, 2.05) is 60.7 Å². The Morgan fingerprint density at radius 3 is 2.25 bits per heavy atom. The number of rotatable bonds is 6. The number of alkyl halides is 1. The van der Waals surface area contributed by atoms with Crippen LogP contribution >= 0.6 is 15.9 Å². The lowest BCUT2D eigenvalue weighted by atomic mass is 10.1. The molecule has 1 amide bonds. The number of nitrogens with one attached hydrogen (secondary N) is 1. The van der Waals surface area contributed by atoms with Crippen molar-refractivity contribution < 1.29 is 9.53 Å². The van der Waals surface area contributed by atoms with Gasteiger partial charge in [-0.15, -0.1) is 0 Å². The number of amides is 1. The highest BCUT2D eigenvalue weighted by atomic mass is 79.9. The number of halogens is 1. The van der Waals surface area contributed by atoms with E-state index in [1.165, 1.54) is 0 Å². The molecule has 2 aromatic rings. The first-order valence-corrected chi connectivity index (χ1v) is 7.50. The van der Waals surface area contributed by atoms with E-state index in [2.05, 4.69) is 21.2 Å². The van der Waals surface area contributed by atoms with Gasteiger partial charge in [-0.2, -0.15) is 0 Å². The van der Waals surface area contributed by atoms with E-state index in [0.717, 1.165) is 5.56 Å². The van der Waals surface area contributed by atoms with Crippen molar-refractivity contribution in [2.24, 2.45) is 0 Å². The molecule has 104 valence electrons. The van der Waals surface area contributed by atoms with Gasteiger partial charge in [0.05, 0.1) is 6.04 Å². The summed E-state index contributed by atoms with van der Waals surface area (Å²) in [6, 6.07) is 19.1. The van der Waals surface area contributed by atoms with Gasteiger partial charge in [0.25, 0.3) is 5.91 Å². The van der Waals surface area contributed by atoms with E-state index in [1.54, 1.807) is 0 Å². The van der Waals surface area contributed by atoms with Crippen molar-refractivity contribution in [2.75, 3.05) is 11.9 Å². The standard InChI is InChI=1S/C16H16BrNO2/c17-11-15(13-7-3-1-4-8-13)18-16(19)12-20-14-9-5-2-6-10-14/h1-10,15H,11-12H2,(H,18,19). The largest absolute Gasteiger partial charge is 0.484 e. The van der Waals surface area contributed by atoms with Crippen molar-refractivity contribution in [1.29, 1.82) is 0 Å². The van der Waals surface area contributed by atoms with Gasteiger partial charge < -0.3 is 10.1 Å². The lowest BCUT2D eigenvalue weighted by Crippen LogP contribution is -2.33. The molecule has 1 N–H and O–H groups in total. The minimum absolute atomic E-state index is 0.0142. The average Bonchev–Trinajstić information content (AvgIpc) is 2.52. The Morgan fingerprint density at radius 1 is 1.05 bits per heavy atom. The number of carbonyl (C=O) groups excluding carboxylic acids is 1. The van der Waals surface area contributed by atoms with Gasteiger partial charge in [0, 0.05) is 5.33 Å². The first-order valence-electron chi connectivity index (χ1n) is 6.37. The summed E-state index contributed by atoms with van der Waals surface area (Å²) < 4.78 is 5.42. The first kappa shape index (κ1) is 14.6. The van der Waals surface area contributed by atoms with Crippen molar-refractivity contribution >= 4 is 21.8 Å². The smallest absolute Gasteiger partial charge is 0.258 e. The Balaban J connectivity index is 1.87. The summed E-state index contributed by atoms with van der Waals surface area (Å²) in [6.45, 7) is 0.0142. The third kappa shape index (κ3) is 4.38. The molecular weight excluding hydrogens is 318 g/mol. The van der Waals surface area contributed by atoms with Gasteiger partial charge in [-0.05, 0) is 17.7 Å². The molecule has 0 spiro atoms. The Morgan fingerprint density at radius 2 is 1.65 bits per heavy atom. The zero-order valence-electron chi connectivity index (χ0n) is 11.0. The SMILES string of the molecule is O=C(COc1ccccc1)NC(CBr)c1ccccc1. The van der Waals surface area contributed by atoms with Crippen LogP contribution in [0.5, 0.6) is 5.75 Å². The van der Waals surface area contributed by atoms with Gasteiger partial charge in [0.2, 0.25) is 0 Å². The third-order valence-electron chi connectivity index (χ3n) is 2.80. The number of carbonyl (C=O) groups is 1. The summed E-state index contributed by atoms with van der Waals surface area (Å²) in [5.41, 5.74) is 1.07. The summed E-state index contributed by atoms with van der Waals surface area (Å²) in [6.07, 6.45) is 0. The van der Waals surface area contributed by atoms with Crippen LogP contribution in [0.25, 0.3) is 0 Å². The lowest BCUT2D eigenvalue weighted by molar-refractivity contribution is -0.123. The Labute approximate surface area is 127 Å². The summed E-state index contributed by atoms with van der Waals surface area (Å²) in [7, 11) is 0. The highest BCUT2D eigenvalue weighted by molar-refractivity contribution is 9.09. The molecule has 2 rings (SSSR count). The second-order valence-corrected chi connectivity index (χ2v) is 4.93. The molecule has 0 radical (unpaired) electrons. The Hall–Kier alpha value is -1.81. The van der Waals surface area contributed by atoms with E-state index in [4.69, 9.17) is 4.74 Å². The van der Waals surface area contributed by atoms with Gasteiger partial charge in [0.1, 0.15) is 5.75 Å². The van der Waals surface area contributed by atoms with Crippen LogP contribution in [0.3, 0.4) is 0 Å². The van der Waals surface area contributed by atoms with E-state index < -0.39 is 0 Å². The highest BCUT2D eigenvalue weighted by Gasteiger charge is 2.13. The summed E-state index contributed by atoms with van der Waals surface area (Å²) in [5, 5.41) is 3.60. The minimum atomic E-state index is -0.137. The fraction of sp³-hybridized carbons (Fsp3) is 0.188. The first-order chi connectivity index (χ1) is 9.79. The van der Waals surface area contributed by atoms with Crippen molar-refractivity contribution in [3.8, 4) is 5.75 Å². The van der Waals surface area contributed by atoms with Crippen LogP contribution in [-0.2, 0) is 4.79 Å². The summed E-state index contributed by atoms with van der Waals surface area (Å²) in [5.74, 6) is 0.555. The van der Waals surface area contributed by atoms with Gasteiger partial charge in [-0.1, -0.05) is 64.5 Å². The topological polar surface area (TPSA) is 38.3 Å². The fourth-order valence-corrected chi connectivity index (χ4v) is 2.33. The molecule has 0 saturated carbocycles. The number of para-hydroxylation sites is 1. The van der Waals surface area contributed by atoms with Crippen LogP contribution < -0.4 is 10.1 Å². The van der Waals surface area contributed by atoms with Crippen LogP contribution in [0.4, 0.5) is 0 Å². The van der Waals surface area contributed by atoms with Crippen molar-refractivity contribution in [3.63, 3.8) is 0 Å². The van der Waals surface area contributed by atoms with Crippen molar-refractivity contribution in [3.05, 3.63) is 66.2 Å². The Kier molecular flexibility index (Phi) is 5.62. The second-order valence-electron chi connectivity index (χ2n) is 4.29. The Bertz CT molecular complexity index is 531. The fourth-order valence-electron chi connectivity index (χ4n) is 1.80. The van der Waals surface area contributed by atoms with Crippen LogP contribution in [0, 0.1) is 0 Å². The molecule has 0 fully saturated rings. The zero-order valence-corrected chi connectivity index (χ0v) is 12.5. The second kappa shape index (κ2) is 7.70. The molecule has 0 aliphatic rings. The minimum Gasteiger partial charge on any atom is -0.484 e. The maximum absolute atomic E-state index is 11.9. The lowest BCUT2D eigenvalue weighted by Gasteiger charge is -2.16. The molecule has 1 atom stereocenters. The van der Waals surface area contributed by atoms with Crippen molar-refractivity contribution in [2.45, 2.75) is 6.04 Å². The molecule has 4 heteroatoms.